The van der Waals surface area contributed by atoms with E-state index in [4.69, 9.17) is 5.73 Å². The second-order valence-electron chi connectivity index (χ2n) is 3.67. The molecule has 0 radical (unpaired) electrons. The van der Waals surface area contributed by atoms with Crippen LogP contribution in [-0.2, 0) is 0 Å². The Hall–Kier alpha value is -1.02. The first-order valence-corrected chi connectivity index (χ1v) is 4.95. The number of anilines is 1. The van der Waals surface area contributed by atoms with Crippen LogP contribution < -0.4 is 11.1 Å². The van der Waals surface area contributed by atoms with Crippen molar-refractivity contribution in [3.05, 3.63) is 29.8 Å². The number of hydrogen-bond donors (Lipinski definition) is 2. The van der Waals surface area contributed by atoms with Crippen molar-refractivity contribution >= 4 is 5.69 Å². The van der Waals surface area contributed by atoms with Gasteiger partial charge in [-0.1, -0.05) is 18.6 Å². The summed E-state index contributed by atoms with van der Waals surface area (Å²) in [4.78, 5) is 0. The lowest BCUT2D eigenvalue weighted by atomic mass is 9.97. The summed E-state index contributed by atoms with van der Waals surface area (Å²) in [5, 5.41) is 3.51. The minimum absolute atomic E-state index is 0.525. The molecule has 13 heavy (non-hydrogen) atoms. The third-order valence-electron chi connectivity index (χ3n) is 2.62. The maximum Gasteiger partial charge on any atom is 0.0321 e. The fourth-order valence-corrected chi connectivity index (χ4v) is 1.91. The maximum atomic E-state index is 5.74. The van der Waals surface area contributed by atoms with Crippen molar-refractivity contribution in [2.75, 3.05) is 12.3 Å². The van der Waals surface area contributed by atoms with E-state index < -0.39 is 0 Å². The van der Waals surface area contributed by atoms with Crippen LogP contribution in [0.5, 0.6) is 0 Å². The first-order chi connectivity index (χ1) is 6.36. The summed E-state index contributed by atoms with van der Waals surface area (Å²) < 4.78 is 0. The fraction of sp³-hybridized carbons (Fsp3) is 0.455. The Kier molecular flexibility index (Phi) is 2.50. The molecule has 1 saturated heterocycles. The van der Waals surface area contributed by atoms with Gasteiger partial charge in [0, 0.05) is 11.7 Å². The number of benzene rings is 1. The van der Waals surface area contributed by atoms with E-state index >= 15 is 0 Å². The van der Waals surface area contributed by atoms with Crippen molar-refractivity contribution in [1.82, 2.24) is 5.32 Å². The van der Waals surface area contributed by atoms with E-state index in [1.165, 1.54) is 24.8 Å². The zero-order valence-electron chi connectivity index (χ0n) is 7.79. The van der Waals surface area contributed by atoms with Gasteiger partial charge in [0.2, 0.25) is 0 Å². The van der Waals surface area contributed by atoms with Gasteiger partial charge in [0.25, 0.3) is 0 Å². The summed E-state index contributed by atoms with van der Waals surface area (Å²) in [7, 11) is 0. The number of nitrogen functional groups attached to an aromatic ring is 1. The van der Waals surface area contributed by atoms with Gasteiger partial charge in [0.1, 0.15) is 0 Å². The normalized spacial score (nSPS) is 22.9. The Balaban J connectivity index is 2.14. The van der Waals surface area contributed by atoms with E-state index in [1.807, 2.05) is 12.1 Å². The monoisotopic (exact) mass is 176 g/mol. The lowest BCUT2D eigenvalue weighted by Crippen LogP contribution is -2.26. The lowest BCUT2D eigenvalue weighted by molar-refractivity contribution is 0.412. The predicted molar refractivity (Wildman–Crippen MR) is 55.4 cm³/mol. The molecule has 2 heteroatoms. The minimum atomic E-state index is 0.525. The molecule has 0 bridgehead atoms. The van der Waals surface area contributed by atoms with Gasteiger partial charge in [0.05, 0.1) is 0 Å². The fourth-order valence-electron chi connectivity index (χ4n) is 1.91. The van der Waals surface area contributed by atoms with Crippen LogP contribution in [0.15, 0.2) is 24.3 Å². The Morgan fingerprint density at radius 3 is 2.92 bits per heavy atom. The Morgan fingerprint density at radius 2 is 2.23 bits per heavy atom. The number of piperidine rings is 1. The van der Waals surface area contributed by atoms with Crippen molar-refractivity contribution in [3.8, 4) is 0 Å². The predicted octanol–water partition coefficient (Wildman–Crippen LogP) is 2.08. The van der Waals surface area contributed by atoms with Gasteiger partial charge >= 0.3 is 0 Å². The standard InChI is InChI=1S/C11H16N2/c12-10-5-3-4-9(8-10)11-6-1-2-7-13-11/h3-5,8,11,13H,1-2,6-7,12H2/t11-/m0/s1. The van der Waals surface area contributed by atoms with Gasteiger partial charge in [-0.2, -0.15) is 0 Å². The zero-order valence-corrected chi connectivity index (χ0v) is 7.79. The van der Waals surface area contributed by atoms with Gasteiger partial charge in [-0.15, -0.1) is 0 Å². The summed E-state index contributed by atoms with van der Waals surface area (Å²) in [6.45, 7) is 1.14. The third kappa shape index (κ3) is 2.01. The molecule has 2 nitrogen and oxygen atoms in total. The first-order valence-electron chi connectivity index (χ1n) is 4.95. The van der Waals surface area contributed by atoms with Crippen LogP contribution in [0.4, 0.5) is 5.69 Å². The van der Waals surface area contributed by atoms with Gasteiger partial charge in [-0.25, -0.2) is 0 Å². The van der Waals surface area contributed by atoms with Crippen LogP contribution in [0.1, 0.15) is 30.9 Å². The van der Waals surface area contributed by atoms with Gasteiger partial charge in [0.15, 0.2) is 0 Å². The SMILES string of the molecule is Nc1cccc([C@@H]2CCCCN2)c1. The van der Waals surface area contributed by atoms with E-state index in [0.29, 0.717) is 6.04 Å². The van der Waals surface area contributed by atoms with Crippen LogP contribution in [0.25, 0.3) is 0 Å². The van der Waals surface area contributed by atoms with Crippen molar-refractivity contribution in [2.45, 2.75) is 25.3 Å². The molecular formula is C11H16N2. The second-order valence-corrected chi connectivity index (χ2v) is 3.67. The molecule has 1 atom stereocenters. The number of hydrogen-bond acceptors (Lipinski definition) is 2. The molecule has 0 aliphatic carbocycles. The van der Waals surface area contributed by atoms with Gasteiger partial charge in [-0.3, -0.25) is 0 Å². The number of nitrogens with one attached hydrogen (secondary N) is 1. The molecule has 1 fully saturated rings. The van der Waals surface area contributed by atoms with Gasteiger partial charge in [-0.05, 0) is 37.1 Å². The maximum absolute atomic E-state index is 5.74. The summed E-state index contributed by atoms with van der Waals surface area (Å²) in [6.07, 6.45) is 3.87. The van der Waals surface area contributed by atoms with E-state index in [9.17, 15) is 0 Å². The van der Waals surface area contributed by atoms with E-state index in [1.54, 1.807) is 0 Å². The molecule has 1 aromatic rings. The smallest absolute Gasteiger partial charge is 0.0321 e. The molecule has 0 amide bonds. The summed E-state index contributed by atoms with van der Waals surface area (Å²) >= 11 is 0. The lowest BCUT2D eigenvalue weighted by Gasteiger charge is -2.23. The molecule has 2 rings (SSSR count). The van der Waals surface area contributed by atoms with Crippen LogP contribution in [-0.4, -0.2) is 6.54 Å². The molecule has 0 saturated carbocycles. The van der Waals surface area contributed by atoms with Crippen molar-refractivity contribution < 1.29 is 0 Å². The van der Waals surface area contributed by atoms with Crippen LogP contribution in [0.3, 0.4) is 0 Å². The van der Waals surface area contributed by atoms with Crippen molar-refractivity contribution in [3.63, 3.8) is 0 Å². The summed E-state index contributed by atoms with van der Waals surface area (Å²) in [5.41, 5.74) is 7.94. The first kappa shape index (κ1) is 8.57. The van der Waals surface area contributed by atoms with Crippen LogP contribution in [0, 0.1) is 0 Å². The molecular weight excluding hydrogens is 160 g/mol. The highest BCUT2D eigenvalue weighted by Gasteiger charge is 2.13. The molecule has 1 heterocycles. The summed E-state index contributed by atoms with van der Waals surface area (Å²) in [6, 6.07) is 8.72. The number of nitrogens with two attached hydrogens (primary N) is 1. The highest BCUT2D eigenvalue weighted by molar-refractivity contribution is 5.41. The highest BCUT2D eigenvalue weighted by atomic mass is 14.9. The summed E-state index contributed by atoms with van der Waals surface area (Å²) in [5.74, 6) is 0. The van der Waals surface area contributed by atoms with Crippen molar-refractivity contribution in [2.24, 2.45) is 0 Å². The quantitative estimate of drug-likeness (QED) is 0.643. The van der Waals surface area contributed by atoms with Gasteiger partial charge < -0.3 is 11.1 Å². The Morgan fingerprint density at radius 1 is 1.31 bits per heavy atom. The van der Waals surface area contributed by atoms with E-state index in [-0.39, 0.29) is 0 Å². The molecule has 0 aromatic heterocycles. The number of rotatable bonds is 1. The molecule has 0 unspecified atom stereocenters. The highest BCUT2D eigenvalue weighted by Crippen LogP contribution is 2.23. The van der Waals surface area contributed by atoms with Crippen molar-refractivity contribution in [1.29, 1.82) is 0 Å². The molecule has 1 aliphatic heterocycles. The molecule has 70 valence electrons. The van der Waals surface area contributed by atoms with Crippen LogP contribution in [0.2, 0.25) is 0 Å². The third-order valence-corrected chi connectivity index (χ3v) is 2.62. The Labute approximate surface area is 79.1 Å². The molecule has 0 spiro atoms. The van der Waals surface area contributed by atoms with Crippen LogP contribution >= 0.6 is 0 Å². The minimum Gasteiger partial charge on any atom is -0.399 e. The van der Waals surface area contributed by atoms with E-state index in [0.717, 1.165) is 12.2 Å². The largest absolute Gasteiger partial charge is 0.399 e. The zero-order chi connectivity index (χ0) is 9.10. The molecule has 1 aromatic carbocycles. The molecule has 1 aliphatic rings. The molecule has 3 N–H and O–H groups in total. The second kappa shape index (κ2) is 3.79. The van der Waals surface area contributed by atoms with E-state index in [2.05, 4.69) is 17.4 Å². The average Bonchev–Trinajstić information content (AvgIpc) is 2.19. The topological polar surface area (TPSA) is 38.0 Å². The Bertz CT molecular complexity index is 277. The average molecular weight is 176 g/mol.